The molecule has 3 rings (SSSR count). The van der Waals surface area contributed by atoms with Crippen LogP contribution >= 0.6 is 11.3 Å². The molecule has 1 aromatic heterocycles. The molecule has 6 nitrogen and oxygen atoms in total. The van der Waals surface area contributed by atoms with Crippen molar-refractivity contribution in [1.82, 2.24) is 20.4 Å². The lowest BCUT2D eigenvalue weighted by Gasteiger charge is -2.16. The average molecular weight is 345 g/mol. The van der Waals surface area contributed by atoms with E-state index in [2.05, 4.69) is 63.8 Å². The van der Waals surface area contributed by atoms with Crippen LogP contribution in [0.15, 0.2) is 30.3 Å². The molecule has 0 bridgehead atoms. The zero-order valence-electron chi connectivity index (χ0n) is 14.0. The normalized spacial score (nSPS) is 18.0. The van der Waals surface area contributed by atoms with Gasteiger partial charge >= 0.3 is 6.03 Å². The molecule has 128 valence electrons. The van der Waals surface area contributed by atoms with Crippen LogP contribution in [0.3, 0.4) is 0 Å². The zero-order valence-corrected chi connectivity index (χ0v) is 14.8. The average Bonchev–Trinajstić information content (AvgIpc) is 3.18. The summed E-state index contributed by atoms with van der Waals surface area (Å²) >= 11 is 1.42. The van der Waals surface area contributed by atoms with Gasteiger partial charge in [0.2, 0.25) is 5.13 Å². The lowest BCUT2D eigenvalue weighted by molar-refractivity contribution is 0.247. The van der Waals surface area contributed by atoms with Gasteiger partial charge in [0.25, 0.3) is 0 Å². The number of likely N-dealkylation sites (tertiary alicyclic amines) is 1. The number of nitrogens with one attached hydrogen (secondary N) is 2. The summed E-state index contributed by atoms with van der Waals surface area (Å²) in [6.07, 6.45) is 0.966. The molecule has 1 aliphatic heterocycles. The van der Waals surface area contributed by atoms with Gasteiger partial charge in [-0.3, -0.25) is 10.2 Å². The highest BCUT2D eigenvalue weighted by molar-refractivity contribution is 7.15. The van der Waals surface area contributed by atoms with Crippen LogP contribution in [0.2, 0.25) is 0 Å². The Morgan fingerprint density at radius 3 is 2.83 bits per heavy atom. The van der Waals surface area contributed by atoms with E-state index in [4.69, 9.17) is 0 Å². The summed E-state index contributed by atoms with van der Waals surface area (Å²) in [5, 5.41) is 15.4. The van der Waals surface area contributed by atoms with Crippen LogP contribution in [-0.4, -0.2) is 40.3 Å². The molecule has 0 unspecified atom stereocenters. The summed E-state index contributed by atoms with van der Waals surface area (Å²) in [5.41, 5.74) is 1.30. The smallest absolute Gasteiger partial charge is 0.321 e. The minimum absolute atomic E-state index is 0.172. The zero-order chi connectivity index (χ0) is 16.9. The number of rotatable bonds is 5. The molecule has 2 aromatic rings. The molecule has 2 N–H and O–H groups in total. The van der Waals surface area contributed by atoms with Gasteiger partial charge < -0.3 is 5.32 Å². The van der Waals surface area contributed by atoms with Crippen LogP contribution < -0.4 is 10.6 Å². The molecule has 1 fully saturated rings. The first-order valence-corrected chi connectivity index (χ1v) is 9.09. The summed E-state index contributed by atoms with van der Waals surface area (Å²) in [6, 6.07) is 10.4. The van der Waals surface area contributed by atoms with Gasteiger partial charge in [-0.2, -0.15) is 0 Å². The van der Waals surface area contributed by atoms with Gasteiger partial charge in [-0.25, -0.2) is 4.79 Å². The van der Waals surface area contributed by atoms with Gasteiger partial charge in [0.1, 0.15) is 5.01 Å². The highest BCUT2D eigenvalue weighted by Crippen LogP contribution is 2.22. The molecule has 0 radical (unpaired) electrons. The highest BCUT2D eigenvalue weighted by Gasteiger charge is 2.24. The number of hydrogen-bond donors (Lipinski definition) is 2. The van der Waals surface area contributed by atoms with Crippen LogP contribution in [0, 0.1) is 0 Å². The van der Waals surface area contributed by atoms with Gasteiger partial charge in [0, 0.05) is 31.6 Å². The molecule has 1 aromatic carbocycles. The number of amides is 2. The fourth-order valence-corrected chi connectivity index (χ4v) is 3.51. The third-order valence-electron chi connectivity index (χ3n) is 4.01. The van der Waals surface area contributed by atoms with E-state index < -0.39 is 0 Å². The molecule has 1 aliphatic rings. The predicted octanol–water partition coefficient (Wildman–Crippen LogP) is 3.06. The van der Waals surface area contributed by atoms with E-state index in [9.17, 15) is 4.79 Å². The van der Waals surface area contributed by atoms with E-state index in [-0.39, 0.29) is 12.1 Å². The van der Waals surface area contributed by atoms with E-state index in [1.807, 2.05) is 6.07 Å². The molecule has 7 heteroatoms. The molecule has 0 spiro atoms. The van der Waals surface area contributed by atoms with Crippen molar-refractivity contribution in [2.45, 2.75) is 38.8 Å². The summed E-state index contributed by atoms with van der Waals surface area (Å²) in [4.78, 5) is 14.5. The largest absolute Gasteiger partial charge is 0.334 e. The molecule has 0 aliphatic carbocycles. The minimum Gasteiger partial charge on any atom is -0.334 e. The SMILES string of the molecule is CC(C)c1nnc(NC(=O)N[C@@H]2CCN(Cc3ccccc3)C2)s1. The Kier molecular flexibility index (Phi) is 5.42. The molecule has 2 heterocycles. The monoisotopic (exact) mass is 345 g/mol. The Labute approximate surface area is 146 Å². The Bertz CT molecular complexity index is 673. The number of anilines is 1. The van der Waals surface area contributed by atoms with Crippen LogP contribution in [0.1, 0.15) is 36.8 Å². The second kappa shape index (κ2) is 7.72. The second-order valence-electron chi connectivity index (χ2n) is 6.40. The molecular formula is C17H23N5OS. The Morgan fingerprint density at radius 2 is 2.12 bits per heavy atom. The van der Waals surface area contributed by atoms with Crippen LogP contribution in [0.4, 0.5) is 9.93 Å². The summed E-state index contributed by atoms with van der Waals surface area (Å²) in [5.74, 6) is 0.322. The van der Waals surface area contributed by atoms with Gasteiger partial charge in [-0.15, -0.1) is 10.2 Å². The lowest BCUT2D eigenvalue weighted by Crippen LogP contribution is -2.39. The third kappa shape index (κ3) is 4.52. The van der Waals surface area contributed by atoms with Crippen molar-refractivity contribution >= 4 is 22.5 Å². The second-order valence-corrected chi connectivity index (χ2v) is 7.41. The number of aromatic nitrogens is 2. The maximum Gasteiger partial charge on any atom is 0.321 e. The quantitative estimate of drug-likeness (QED) is 0.874. The number of nitrogens with zero attached hydrogens (tertiary/aromatic N) is 3. The Morgan fingerprint density at radius 1 is 1.33 bits per heavy atom. The number of carbonyl (C=O) groups is 1. The molecule has 1 saturated heterocycles. The van der Waals surface area contributed by atoms with E-state index in [0.29, 0.717) is 11.0 Å². The number of hydrogen-bond acceptors (Lipinski definition) is 5. The molecule has 1 atom stereocenters. The number of benzene rings is 1. The van der Waals surface area contributed by atoms with Crippen LogP contribution in [-0.2, 0) is 6.54 Å². The first-order valence-electron chi connectivity index (χ1n) is 8.27. The van der Waals surface area contributed by atoms with E-state index in [1.54, 1.807) is 0 Å². The fourth-order valence-electron chi connectivity index (χ4n) is 2.77. The minimum atomic E-state index is -0.201. The van der Waals surface area contributed by atoms with Crippen molar-refractivity contribution in [3.8, 4) is 0 Å². The van der Waals surface area contributed by atoms with Gasteiger partial charge in [-0.05, 0) is 12.0 Å². The number of urea groups is 1. The van der Waals surface area contributed by atoms with Crippen LogP contribution in [0.25, 0.3) is 0 Å². The maximum absolute atomic E-state index is 12.1. The maximum atomic E-state index is 12.1. The first kappa shape index (κ1) is 16.9. The third-order valence-corrected chi connectivity index (χ3v) is 5.15. The van der Waals surface area contributed by atoms with E-state index >= 15 is 0 Å². The van der Waals surface area contributed by atoms with Gasteiger partial charge in [0.15, 0.2) is 0 Å². The van der Waals surface area contributed by atoms with Crippen molar-refractivity contribution in [1.29, 1.82) is 0 Å². The van der Waals surface area contributed by atoms with Crippen LogP contribution in [0.5, 0.6) is 0 Å². The lowest BCUT2D eigenvalue weighted by atomic mass is 10.2. The summed E-state index contributed by atoms with van der Waals surface area (Å²) in [6.45, 7) is 6.91. The first-order chi connectivity index (χ1) is 11.6. The van der Waals surface area contributed by atoms with Crippen molar-refractivity contribution in [2.75, 3.05) is 18.4 Å². The summed E-state index contributed by atoms with van der Waals surface area (Å²) in [7, 11) is 0. The number of carbonyl (C=O) groups excluding carboxylic acids is 1. The Balaban J connectivity index is 1.45. The van der Waals surface area contributed by atoms with Crippen molar-refractivity contribution in [3.05, 3.63) is 40.9 Å². The van der Waals surface area contributed by atoms with Gasteiger partial charge in [-0.1, -0.05) is 55.5 Å². The van der Waals surface area contributed by atoms with E-state index in [0.717, 1.165) is 31.1 Å². The fraction of sp³-hybridized carbons (Fsp3) is 0.471. The Hall–Kier alpha value is -1.99. The molecule has 2 amide bonds. The molecule has 0 saturated carbocycles. The predicted molar refractivity (Wildman–Crippen MR) is 96.3 cm³/mol. The molecule has 24 heavy (non-hydrogen) atoms. The highest BCUT2D eigenvalue weighted by atomic mass is 32.1. The topological polar surface area (TPSA) is 70.1 Å². The van der Waals surface area contributed by atoms with Gasteiger partial charge in [0.05, 0.1) is 0 Å². The summed E-state index contributed by atoms with van der Waals surface area (Å²) < 4.78 is 0. The van der Waals surface area contributed by atoms with Crippen molar-refractivity contribution in [3.63, 3.8) is 0 Å². The van der Waals surface area contributed by atoms with E-state index in [1.165, 1.54) is 16.9 Å². The molecular weight excluding hydrogens is 322 g/mol. The van der Waals surface area contributed by atoms with Crippen molar-refractivity contribution in [2.24, 2.45) is 0 Å². The standard InChI is InChI=1S/C17H23N5OS/c1-12(2)15-20-21-17(24-15)19-16(23)18-14-8-9-22(11-14)10-13-6-4-3-5-7-13/h3-7,12,14H,8-11H2,1-2H3,(H2,18,19,21,23)/t14-/m1/s1. The van der Waals surface area contributed by atoms with Crippen molar-refractivity contribution < 1.29 is 4.79 Å².